The van der Waals surface area contributed by atoms with Crippen LogP contribution in [0.25, 0.3) is 0 Å². The van der Waals surface area contributed by atoms with E-state index in [1.54, 1.807) is 0 Å². The van der Waals surface area contributed by atoms with Crippen LogP contribution in [0.5, 0.6) is 0 Å². The van der Waals surface area contributed by atoms with Crippen molar-refractivity contribution in [3.05, 3.63) is 12.2 Å². The number of nitrogens with zero attached hydrogens (tertiary/aromatic N) is 2. The van der Waals surface area contributed by atoms with Crippen molar-refractivity contribution < 1.29 is 4.79 Å². The molecule has 1 amide bonds. The molecule has 0 radical (unpaired) electrons. The minimum absolute atomic E-state index is 0.0978. The third kappa shape index (κ3) is 1.90. The van der Waals surface area contributed by atoms with Crippen molar-refractivity contribution in [2.75, 3.05) is 6.54 Å². The Morgan fingerprint density at radius 2 is 2.45 bits per heavy atom. The van der Waals surface area contributed by atoms with Crippen LogP contribution in [0.1, 0.15) is 20.3 Å². The fourth-order valence-corrected chi connectivity index (χ4v) is 0.955. The van der Waals surface area contributed by atoms with Crippen LogP contribution in [0.2, 0.25) is 0 Å². The van der Waals surface area contributed by atoms with Gasteiger partial charge in [0.05, 0.1) is 13.0 Å². The van der Waals surface area contributed by atoms with Crippen LogP contribution in [0.4, 0.5) is 0 Å². The summed E-state index contributed by atoms with van der Waals surface area (Å²) < 4.78 is 0. The molecule has 0 saturated heterocycles. The lowest BCUT2D eigenvalue weighted by Crippen LogP contribution is -2.20. The van der Waals surface area contributed by atoms with Gasteiger partial charge in [-0.1, -0.05) is 12.2 Å². The Labute approximate surface area is 66.4 Å². The van der Waals surface area contributed by atoms with E-state index < -0.39 is 0 Å². The molecule has 1 aliphatic heterocycles. The lowest BCUT2D eigenvalue weighted by atomic mass is 10.3. The zero-order valence-corrected chi connectivity index (χ0v) is 6.87. The Hall–Kier alpha value is -1.12. The Morgan fingerprint density at radius 1 is 1.73 bits per heavy atom. The quantitative estimate of drug-likeness (QED) is 0.547. The number of rotatable bonds is 2. The minimum Gasteiger partial charge on any atom is -0.273 e. The van der Waals surface area contributed by atoms with Crippen LogP contribution in [0.15, 0.2) is 17.3 Å². The molecule has 0 fully saturated rings. The topological polar surface area (TPSA) is 32.7 Å². The molecular formula is C8H12N2O. The minimum atomic E-state index is 0.0978. The van der Waals surface area contributed by atoms with Crippen LogP contribution in [-0.2, 0) is 4.79 Å². The summed E-state index contributed by atoms with van der Waals surface area (Å²) >= 11 is 0. The van der Waals surface area contributed by atoms with Gasteiger partial charge in [-0.3, -0.25) is 4.79 Å². The van der Waals surface area contributed by atoms with Gasteiger partial charge in [-0.15, -0.1) is 0 Å². The highest BCUT2D eigenvalue weighted by atomic mass is 16.2. The maximum atomic E-state index is 11.1. The summed E-state index contributed by atoms with van der Waals surface area (Å²) in [5.74, 6) is 0.0978. The molecule has 3 nitrogen and oxygen atoms in total. The zero-order chi connectivity index (χ0) is 8.27. The third-order valence-electron chi connectivity index (χ3n) is 1.50. The average Bonchev–Trinajstić information content (AvgIpc) is 2.26. The van der Waals surface area contributed by atoms with E-state index in [-0.39, 0.29) is 5.91 Å². The van der Waals surface area contributed by atoms with E-state index in [0.717, 1.165) is 5.71 Å². The first-order chi connectivity index (χ1) is 5.24. The number of carbonyl (C=O) groups is 1. The lowest BCUT2D eigenvalue weighted by molar-refractivity contribution is -0.128. The van der Waals surface area contributed by atoms with Gasteiger partial charge >= 0.3 is 0 Å². The van der Waals surface area contributed by atoms with Gasteiger partial charge in [0.2, 0.25) is 5.91 Å². The number of hydrogen-bond donors (Lipinski definition) is 0. The van der Waals surface area contributed by atoms with Gasteiger partial charge in [0.1, 0.15) is 0 Å². The molecule has 0 spiro atoms. The van der Waals surface area contributed by atoms with Crippen molar-refractivity contribution in [1.82, 2.24) is 5.01 Å². The van der Waals surface area contributed by atoms with E-state index in [4.69, 9.17) is 0 Å². The number of allylic oxidation sites excluding steroid dienone is 1. The Morgan fingerprint density at radius 3 is 2.91 bits per heavy atom. The molecule has 0 aromatic carbocycles. The van der Waals surface area contributed by atoms with Gasteiger partial charge in [-0.25, -0.2) is 5.01 Å². The molecule has 0 bridgehead atoms. The molecule has 0 N–H and O–H groups in total. The third-order valence-corrected chi connectivity index (χ3v) is 1.50. The van der Waals surface area contributed by atoms with Crippen molar-refractivity contribution in [2.45, 2.75) is 20.3 Å². The number of hydrogen-bond acceptors (Lipinski definition) is 2. The summed E-state index contributed by atoms with van der Waals surface area (Å²) in [5.41, 5.74) is 0.902. The second kappa shape index (κ2) is 3.32. The lowest BCUT2D eigenvalue weighted by Gasteiger charge is -2.06. The summed E-state index contributed by atoms with van der Waals surface area (Å²) in [6, 6.07) is 0. The molecule has 3 heteroatoms. The maximum Gasteiger partial charge on any atom is 0.248 e. The van der Waals surface area contributed by atoms with Gasteiger partial charge in [0, 0.05) is 5.71 Å². The van der Waals surface area contributed by atoms with E-state index in [2.05, 4.69) is 5.10 Å². The molecule has 60 valence electrons. The highest BCUT2D eigenvalue weighted by Gasteiger charge is 2.18. The van der Waals surface area contributed by atoms with E-state index in [1.165, 1.54) is 5.01 Å². The zero-order valence-electron chi connectivity index (χ0n) is 6.87. The van der Waals surface area contributed by atoms with Crippen molar-refractivity contribution in [1.29, 1.82) is 0 Å². The van der Waals surface area contributed by atoms with Crippen LogP contribution < -0.4 is 0 Å². The molecule has 1 heterocycles. The van der Waals surface area contributed by atoms with Crippen molar-refractivity contribution >= 4 is 11.6 Å². The van der Waals surface area contributed by atoms with Crippen LogP contribution in [0, 0.1) is 0 Å². The number of hydrazone groups is 1. The molecule has 1 rings (SSSR count). The summed E-state index contributed by atoms with van der Waals surface area (Å²) in [7, 11) is 0. The highest BCUT2D eigenvalue weighted by molar-refractivity contribution is 6.03. The summed E-state index contributed by atoms with van der Waals surface area (Å²) in [6.07, 6.45) is 4.31. The van der Waals surface area contributed by atoms with E-state index >= 15 is 0 Å². The highest BCUT2D eigenvalue weighted by Crippen LogP contribution is 2.06. The SMILES string of the molecule is C/C=C/CN1N=C(C)CC1=O. The summed E-state index contributed by atoms with van der Waals surface area (Å²) in [4.78, 5) is 11.1. The fourth-order valence-electron chi connectivity index (χ4n) is 0.955. The first kappa shape index (κ1) is 7.98. The second-order valence-electron chi connectivity index (χ2n) is 2.56. The van der Waals surface area contributed by atoms with E-state index in [1.807, 2.05) is 26.0 Å². The van der Waals surface area contributed by atoms with Gasteiger partial charge in [-0.05, 0) is 13.8 Å². The van der Waals surface area contributed by atoms with Crippen molar-refractivity contribution in [2.24, 2.45) is 5.10 Å². The second-order valence-corrected chi connectivity index (χ2v) is 2.56. The Kier molecular flexibility index (Phi) is 2.41. The molecule has 0 aromatic rings. The molecular weight excluding hydrogens is 140 g/mol. The first-order valence-corrected chi connectivity index (χ1v) is 3.69. The average molecular weight is 152 g/mol. The number of amides is 1. The number of carbonyl (C=O) groups excluding carboxylic acids is 1. The van der Waals surface area contributed by atoms with Gasteiger partial charge in [0.15, 0.2) is 0 Å². The maximum absolute atomic E-state index is 11.1. The Balaban J connectivity index is 2.52. The normalized spacial score (nSPS) is 18.2. The fraction of sp³-hybridized carbons (Fsp3) is 0.500. The largest absolute Gasteiger partial charge is 0.273 e. The first-order valence-electron chi connectivity index (χ1n) is 3.69. The molecule has 11 heavy (non-hydrogen) atoms. The van der Waals surface area contributed by atoms with Gasteiger partial charge in [-0.2, -0.15) is 5.10 Å². The van der Waals surface area contributed by atoms with E-state index in [9.17, 15) is 4.79 Å². The van der Waals surface area contributed by atoms with Gasteiger partial charge < -0.3 is 0 Å². The van der Waals surface area contributed by atoms with Crippen LogP contribution >= 0.6 is 0 Å². The van der Waals surface area contributed by atoms with Crippen molar-refractivity contribution in [3.63, 3.8) is 0 Å². The predicted molar refractivity (Wildman–Crippen MR) is 44.3 cm³/mol. The predicted octanol–water partition coefficient (Wildman–Crippen LogP) is 1.17. The molecule has 0 aliphatic carbocycles. The molecule has 1 aliphatic rings. The molecule has 0 unspecified atom stereocenters. The summed E-state index contributed by atoms with van der Waals surface area (Å²) in [5, 5.41) is 5.55. The van der Waals surface area contributed by atoms with Crippen LogP contribution in [-0.4, -0.2) is 23.2 Å². The van der Waals surface area contributed by atoms with Crippen LogP contribution in [0.3, 0.4) is 0 Å². The summed E-state index contributed by atoms with van der Waals surface area (Å²) in [6.45, 7) is 4.40. The van der Waals surface area contributed by atoms with Crippen molar-refractivity contribution in [3.8, 4) is 0 Å². The molecule has 0 saturated carbocycles. The van der Waals surface area contributed by atoms with E-state index in [0.29, 0.717) is 13.0 Å². The molecule has 0 aromatic heterocycles. The van der Waals surface area contributed by atoms with Gasteiger partial charge in [0.25, 0.3) is 0 Å². The molecule has 0 atom stereocenters. The standard InChI is InChI=1S/C8H12N2O/c1-3-4-5-10-8(11)6-7(2)9-10/h3-4H,5-6H2,1-2H3/b4-3+. The monoisotopic (exact) mass is 152 g/mol. The Bertz CT molecular complexity index is 218. The smallest absolute Gasteiger partial charge is 0.248 e.